The molecule has 1 heterocycles. The highest BCUT2D eigenvalue weighted by atomic mass is 32.2. The number of Topliss-reactive ketones (excluding diaryl/α,β-unsaturated/α-hetero) is 2. The molecule has 142 valence electrons. The van der Waals surface area contributed by atoms with Gasteiger partial charge in [-0.05, 0) is 19.8 Å². The Bertz CT molecular complexity index is 862. The van der Waals surface area contributed by atoms with Gasteiger partial charge >= 0.3 is 5.95 Å². The summed E-state index contributed by atoms with van der Waals surface area (Å²) in [5.41, 5.74) is -0.0196. The van der Waals surface area contributed by atoms with Crippen molar-refractivity contribution in [3.63, 3.8) is 0 Å². The lowest BCUT2D eigenvalue weighted by Crippen LogP contribution is -2.39. The molecule has 2 aliphatic carbocycles. The van der Waals surface area contributed by atoms with Gasteiger partial charge in [0.1, 0.15) is 5.70 Å². The highest BCUT2D eigenvalue weighted by Gasteiger charge is 2.56. The number of ketones is 2. The minimum atomic E-state index is -4.05. The number of carbonyl (C=O) groups is 2. The van der Waals surface area contributed by atoms with Crippen molar-refractivity contribution in [1.82, 2.24) is 0 Å². The van der Waals surface area contributed by atoms with E-state index in [2.05, 4.69) is 10.2 Å². The first-order valence-corrected chi connectivity index (χ1v) is 10.2. The summed E-state index contributed by atoms with van der Waals surface area (Å²) in [4.78, 5) is 23.1. The number of nitrogens with zero attached hydrogens (tertiary/aromatic N) is 2. The zero-order valence-electron chi connectivity index (χ0n) is 15.0. The van der Waals surface area contributed by atoms with Gasteiger partial charge in [0.25, 0.3) is 5.03 Å². The van der Waals surface area contributed by atoms with Crippen LogP contribution in [0.1, 0.15) is 52.9 Å². The van der Waals surface area contributed by atoms with E-state index in [1.54, 1.807) is 13.8 Å². The average Bonchev–Trinajstić information content (AvgIpc) is 2.78. The summed E-state index contributed by atoms with van der Waals surface area (Å²) in [5.74, 6) is -2.42. The second-order valence-electron chi connectivity index (χ2n) is 7.17. The normalized spacial score (nSPS) is 31.2. The number of hydrogen-bond donors (Lipinski definition) is 1. The molecule has 1 spiro atoms. The van der Waals surface area contributed by atoms with E-state index >= 15 is 0 Å². The van der Waals surface area contributed by atoms with E-state index in [1.807, 2.05) is 0 Å². The lowest BCUT2D eigenvalue weighted by atomic mass is 9.79. The van der Waals surface area contributed by atoms with E-state index in [4.69, 9.17) is 4.74 Å². The Balaban J connectivity index is 1.97. The number of carbonyl (C=O) groups excluding carboxylic acids is 2. The molecule has 0 aromatic heterocycles. The van der Waals surface area contributed by atoms with Gasteiger partial charge in [0, 0.05) is 30.3 Å². The standard InChI is InChI=1S/C17H22N2O6S/c1-9-10(2)14(21)12(11(3)13(9)20)18-19-15-16(22)25-17(26(15,23)24)7-5-4-6-8-17/h9-10,22H,4-8H2,1-3H3. The highest BCUT2D eigenvalue weighted by Crippen LogP contribution is 2.46. The maximum Gasteiger partial charge on any atom is 0.319 e. The molecule has 0 aromatic carbocycles. The Morgan fingerprint density at radius 2 is 1.62 bits per heavy atom. The van der Waals surface area contributed by atoms with Gasteiger partial charge in [-0.25, -0.2) is 8.42 Å². The molecule has 1 N–H and O–H groups in total. The number of aliphatic hydroxyl groups is 1. The number of allylic oxidation sites excluding steroid dienone is 2. The van der Waals surface area contributed by atoms with Crippen LogP contribution in [0.15, 0.2) is 32.5 Å². The molecular formula is C17H22N2O6S. The first-order valence-electron chi connectivity index (χ1n) is 8.70. The molecule has 2 unspecified atom stereocenters. The molecule has 0 bridgehead atoms. The number of sulfone groups is 1. The summed E-state index contributed by atoms with van der Waals surface area (Å²) in [5, 5.41) is 16.7. The van der Waals surface area contributed by atoms with Gasteiger partial charge in [0.05, 0.1) is 0 Å². The van der Waals surface area contributed by atoms with E-state index in [-0.39, 0.29) is 35.7 Å². The fourth-order valence-electron chi connectivity index (χ4n) is 3.66. The fraction of sp³-hybridized carbons (Fsp3) is 0.647. The molecule has 3 aliphatic rings. The Morgan fingerprint density at radius 3 is 2.23 bits per heavy atom. The molecule has 2 atom stereocenters. The zero-order valence-corrected chi connectivity index (χ0v) is 15.8. The van der Waals surface area contributed by atoms with Crippen LogP contribution in [-0.2, 0) is 24.2 Å². The molecule has 26 heavy (non-hydrogen) atoms. The Kier molecular flexibility index (Phi) is 4.54. The molecule has 3 rings (SSSR count). The smallest absolute Gasteiger partial charge is 0.319 e. The second kappa shape index (κ2) is 6.29. The topological polar surface area (TPSA) is 122 Å². The molecule has 8 nitrogen and oxygen atoms in total. The lowest BCUT2D eigenvalue weighted by Gasteiger charge is -2.30. The van der Waals surface area contributed by atoms with Crippen LogP contribution in [0.4, 0.5) is 0 Å². The number of azo groups is 1. The van der Waals surface area contributed by atoms with Crippen LogP contribution in [0.25, 0.3) is 0 Å². The molecule has 9 heteroatoms. The maximum atomic E-state index is 12.8. The van der Waals surface area contributed by atoms with E-state index in [9.17, 15) is 23.1 Å². The van der Waals surface area contributed by atoms with Gasteiger partial charge in [0.2, 0.25) is 14.8 Å². The van der Waals surface area contributed by atoms with E-state index in [1.165, 1.54) is 6.92 Å². The van der Waals surface area contributed by atoms with Crippen LogP contribution in [0.2, 0.25) is 0 Å². The average molecular weight is 382 g/mol. The van der Waals surface area contributed by atoms with Crippen LogP contribution < -0.4 is 0 Å². The largest absolute Gasteiger partial charge is 0.479 e. The van der Waals surface area contributed by atoms with Crippen LogP contribution in [0.3, 0.4) is 0 Å². The van der Waals surface area contributed by atoms with E-state index in [0.29, 0.717) is 12.8 Å². The van der Waals surface area contributed by atoms with Crippen molar-refractivity contribution in [1.29, 1.82) is 0 Å². The third-order valence-corrected chi connectivity index (χ3v) is 7.84. The van der Waals surface area contributed by atoms with E-state index in [0.717, 1.165) is 6.42 Å². The van der Waals surface area contributed by atoms with Crippen molar-refractivity contribution < 1.29 is 27.9 Å². The van der Waals surface area contributed by atoms with Gasteiger partial charge in [-0.15, -0.1) is 10.2 Å². The van der Waals surface area contributed by atoms with Crippen molar-refractivity contribution in [3.05, 3.63) is 22.2 Å². The lowest BCUT2D eigenvalue weighted by molar-refractivity contribution is -0.129. The van der Waals surface area contributed by atoms with Gasteiger partial charge in [0.15, 0.2) is 11.6 Å². The Labute approximate surface area is 151 Å². The summed E-state index contributed by atoms with van der Waals surface area (Å²) in [6.07, 6.45) is 2.78. The van der Waals surface area contributed by atoms with Crippen LogP contribution in [0, 0.1) is 11.8 Å². The predicted molar refractivity (Wildman–Crippen MR) is 91.4 cm³/mol. The number of hydrogen-bond acceptors (Lipinski definition) is 8. The van der Waals surface area contributed by atoms with Gasteiger partial charge < -0.3 is 9.84 Å². The number of ether oxygens (including phenoxy) is 1. The Morgan fingerprint density at radius 1 is 1.04 bits per heavy atom. The molecule has 0 aromatic rings. The summed E-state index contributed by atoms with van der Waals surface area (Å²) in [6, 6.07) is 0. The van der Waals surface area contributed by atoms with Crippen molar-refractivity contribution in [2.45, 2.75) is 57.8 Å². The molecule has 1 fully saturated rings. The van der Waals surface area contributed by atoms with Gasteiger partial charge in [-0.3, -0.25) is 9.59 Å². The van der Waals surface area contributed by atoms with Crippen molar-refractivity contribution in [2.24, 2.45) is 22.1 Å². The van der Waals surface area contributed by atoms with Gasteiger partial charge in [-0.2, -0.15) is 0 Å². The minimum absolute atomic E-state index is 0.146. The predicted octanol–water partition coefficient (Wildman–Crippen LogP) is 2.93. The molecular weight excluding hydrogens is 360 g/mol. The van der Waals surface area contributed by atoms with E-state index < -0.39 is 37.6 Å². The van der Waals surface area contributed by atoms with Crippen LogP contribution >= 0.6 is 0 Å². The maximum absolute atomic E-state index is 12.8. The molecule has 0 amide bonds. The second-order valence-corrected chi connectivity index (χ2v) is 9.30. The fourth-order valence-corrected chi connectivity index (χ4v) is 5.44. The molecule has 0 radical (unpaired) electrons. The highest BCUT2D eigenvalue weighted by molar-refractivity contribution is 7.96. The van der Waals surface area contributed by atoms with Crippen molar-refractivity contribution in [3.8, 4) is 0 Å². The minimum Gasteiger partial charge on any atom is -0.479 e. The summed E-state index contributed by atoms with van der Waals surface area (Å²) in [7, 11) is -4.05. The zero-order chi connectivity index (χ0) is 19.3. The summed E-state index contributed by atoms with van der Waals surface area (Å²) >= 11 is 0. The first-order chi connectivity index (χ1) is 12.1. The molecule has 0 saturated heterocycles. The van der Waals surface area contributed by atoms with Crippen LogP contribution in [-0.4, -0.2) is 30.0 Å². The summed E-state index contributed by atoms with van der Waals surface area (Å²) < 4.78 is 31.0. The summed E-state index contributed by atoms with van der Waals surface area (Å²) in [6.45, 7) is 4.75. The monoisotopic (exact) mass is 382 g/mol. The quantitative estimate of drug-likeness (QED) is 0.733. The molecule has 1 saturated carbocycles. The first kappa shape index (κ1) is 18.8. The van der Waals surface area contributed by atoms with Crippen molar-refractivity contribution >= 4 is 21.4 Å². The SMILES string of the molecule is CC1=C(N=NC2=C(O)OC3(CCCCC3)S2(=O)=O)C(=O)C(C)C(C)C1=O. The number of aliphatic hydroxyl groups excluding tert-OH is 1. The van der Waals surface area contributed by atoms with Crippen LogP contribution in [0.5, 0.6) is 0 Å². The van der Waals surface area contributed by atoms with Gasteiger partial charge in [-0.1, -0.05) is 20.3 Å². The number of rotatable bonds is 2. The Hall–Kier alpha value is -2.03. The third-order valence-electron chi connectivity index (χ3n) is 5.60. The molecule has 1 aliphatic heterocycles. The third kappa shape index (κ3) is 2.60. The van der Waals surface area contributed by atoms with Crippen molar-refractivity contribution in [2.75, 3.05) is 0 Å².